The summed E-state index contributed by atoms with van der Waals surface area (Å²) in [5.41, 5.74) is 4.81. The van der Waals surface area contributed by atoms with Gasteiger partial charge in [0, 0.05) is 24.8 Å². The van der Waals surface area contributed by atoms with E-state index in [1.165, 1.54) is 5.56 Å². The Hall–Kier alpha value is -3.58. The molecule has 0 radical (unpaired) electrons. The van der Waals surface area contributed by atoms with E-state index in [-0.39, 0.29) is 12.1 Å². The Labute approximate surface area is 207 Å². The zero-order valence-corrected chi connectivity index (χ0v) is 20.7. The molecule has 0 unspecified atom stereocenters. The number of methoxy groups -OCH3 is 1. The molecule has 184 valence electrons. The molecular weight excluding hydrogens is 440 g/mol. The zero-order chi connectivity index (χ0) is 24.6. The van der Waals surface area contributed by atoms with Crippen molar-refractivity contribution in [2.75, 3.05) is 29.7 Å². The summed E-state index contributed by atoms with van der Waals surface area (Å²) in [6, 6.07) is 18.2. The van der Waals surface area contributed by atoms with Gasteiger partial charge in [-0.25, -0.2) is 4.98 Å². The molecule has 1 fully saturated rings. The second-order valence-electron chi connectivity index (χ2n) is 8.88. The molecule has 7 nitrogen and oxygen atoms in total. The minimum atomic E-state index is 0.120. The summed E-state index contributed by atoms with van der Waals surface area (Å²) >= 11 is 0. The number of anilines is 4. The van der Waals surface area contributed by atoms with Crippen LogP contribution in [-0.4, -0.2) is 37.7 Å². The number of carbonyl (C=O) groups is 1. The van der Waals surface area contributed by atoms with Gasteiger partial charge in [-0.1, -0.05) is 30.3 Å². The van der Waals surface area contributed by atoms with E-state index < -0.39 is 0 Å². The van der Waals surface area contributed by atoms with E-state index in [0.717, 1.165) is 60.5 Å². The first-order valence-corrected chi connectivity index (χ1v) is 12.1. The second-order valence-corrected chi connectivity index (χ2v) is 8.88. The minimum absolute atomic E-state index is 0.120. The van der Waals surface area contributed by atoms with Crippen molar-refractivity contribution in [2.24, 2.45) is 0 Å². The molecule has 1 aliphatic rings. The summed E-state index contributed by atoms with van der Waals surface area (Å²) in [6.45, 7) is 2.64. The predicted octanol–water partition coefficient (Wildman–Crippen LogP) is 5.67. The number of aryl methyl sites for hydroxylation is 1. The highest BCUT2D eigenvalue weighted by molar-refractivity contribution is 5.85. The summed E-state index contributed by atoms with van der Waals surface area (Å²) in [5, 5.41) is 6.56. The Morgan fingerprint density at radius 2 is 1.83 bits per heavy atom. The van der Waals surface area contributed by atoms with E-state index in [0.29, 0.717) is 12.4 Å². The first kappa shape index (κ1) is 24.5. The molecule has 2 N–H and O–H groups in total. The van der Waals surface area contributed by atoms with Crippen LogP contribution in [-0.2, 0) is 16.1 Å². The van der Waals surface area contributed by atoms with Crippen molar-refractivity contribution < 1.29 is 14.3 Å². The van der Waals surface area contributed by atoms with Crippen LogP contribution in [0.2, 0.25) is 0 Å². The third-order valence-corrected chi connectivity index (χ3v) is 6.61. The van der Waals surface area contributed by atoms with Crippen LogP contribution in [0, 0.1) is 6.92 Å². The van der Waals surface area contributed by atoms with Gasteiger partial charge in [-0.05, 0) is 61.9 Å². The number of aromatic nitrogens is 1. The van der Waals surface area contributed by atoms with Gasteiger partial charge in [-0.2, -0.15) is 0 Å². The third-order valence-electron chi connectivity index (χ3n) is 6.61. The molecule has 0 aliphatic heterocycles. The number of nitrogens with one attached hydrogen (secondary N) is 2. The largest absolute Gasteiger partial charge is 0.497 e. The number of amides is 1. The molecule has 3 aromatic rings. The first-order valence-electron chi connectivity index (χ1n) is 12.1. The lowest BCUT2D eigenvalue weighted by molar-refractivity contribution is -0.108. The standard InChI is InChI=1S/C28H34N4O3/c1-20-15-24(34-3)13-14-25(20)31-28-16-27(26(29-2)17-30-28)32(19-33)22-9-11-23(12-10-22)35-18-21-7-5-4-6-8-21/h4-8,13-17,19,22-23,29H,9-12,18H2,1-3H3,(H,30,31). The maximum absolute atomic E-state index is 12.3. The normalized spacial score (nSPS) is 17.5. The second kappa shape index (κ2) is 11.7. The monoisotopic (exact) mass is 474 g/mol. The van der Waals surface area contributed by atoms with Gasteiger partial charge in [0.2, 0.25) is 6.41 Å². The van der Waals surface area contributed by atoms with Gasteiger partial charge in [0.1, 0.15) is 11.6 Å². The lowest BCUT2D eigenvalue weighted by atomic mass is 9.91. The molecule has 1 aliphatic carbocycles. The van der Waals surface area contributed by atoms with Crippen molar-refractivity contribution in [1.82, 2.24) is 4.98 Å². The number of hydrogen-bond acceptors (Lipinski definition) is 6. The maximum atomic E-state index is 12.3. The number of benzene rings is 2. The van der Waals surface area contributed by atoms with Crippen LogP contribution in [0.5, 0.6) is 5.75 Å². The topological polar surface area (TPSA) is 75.7 Å². The zero-order valence-electron chi connectivity index (χ0n) is 20.7. The van der Waals surface area contributed by atoms with Crippen LogP contribution in [0.3, 0.4) is 0 Å². The molecule has 7 heteroatoms. The highest BCUT2D eigenvalue weighted by atomic mass is 16.5. The average Bonchev–Trinajstić information content (AvgIpc) is 2.90. The molecular formula is C28H34N4O3. The van der Waals surface area contributed by atoms with Crippen LogP contribution in [0.15, 0.2) is 60.8 Å². The van der Waals surface area contributed by atoms with Crippen molar-refractivity contribution >= 4 is 29.3 Å². The number of carbonyl (C=O) groups excluding carboxylic acids is 1. The van der Waals surface area contributed by atoms with Gasteiger partial charge in [0.15, 0.2) is 0 Å². The summed E-state index contributed by atoms with van der Waals surface area (Å²) in [6.07, 6.45) is 6.57. The molecule has 1 heterocycles. The quantitative estimate of drug-likeness (QED) is 0.369. The highest BCUT2D eigenvalue weighted by Gasteiger charge is 2.28. The van der Waals surface area contributed by atoms with Crippen LogP contribution in [0.1, 0.15) is 36.8 Å². The Morgan fingerprint density at radius 3 is 2.49 bits per heavy atom. The number of rotatable bonds is 10. The lowest BCUT2D eigenvalue weighted by Crippen LogP contribution is -2.39. The lowest BCUT2D eigenvalue weighted by Gasteiger charge is -2.35. The molecule has 4 rings (SSSR count). The van der Waals surface area contributed by atoms with E-state index >= 15 is 0 Å². The van der Waals surface area contributed by atoms with Crippen LogP contribution in [0.25, 0.3) is 0 Å². The fourth-order valence-electron chi connectivity index (χ4n) is 4.58. The minimum Gasteiger partial charge on any atom is -0.497 e. The van der Waals surface area contributed by atoms with E-state index in [1.54, 1.807) is 13.3 Å². The Kier molecular flexibility index (Phi) is 8.21. The molecule has 1 saturated carbocycles. The van der Waals surface area contributed by atoms with Gasteiger partial charge >= 0.3 is 0 Å². The van der Waals surface area contributed by atoms with Crippen molar-refractivity contribution in [3.63, 3.8) is 0 Å². The summed E-state index contributed by atoms with van der Waals surface area (Å²) in [5.74, 6) is 1.49. The summed E-state index contributed by atoms with van der Waals surface area (Å²) < 4.78 is 11.4. The SMILES string of the molecule is CNc1cnc(Nc2ccc(OC)cc2C)cc1N(C=O)C1CCC(OCc2ccccc2)CC1. The van der Waals surface area contributed by atoms with Crippen molar-refractivity contribution in [3.8, 4) is 5.75 Å². The third kappa shape index (κ3) is 6.11. The molecule has 0 spiro atoms. The van der Waals surface area contributed by atoms with Gasteiger partial charge in [-0.3, -0.25) is 4.79 Å². The molecule has 1 amide bonds. The van der Waals surface area contributed by atoms with Crippen molar-refractivity contribution in [2.45, 2.75) is 51.4 Å². The van der Waals surface area contributed by atoms with E-state index in [2.05, 4.69) is 27.8 Å². The van der Waals surface area contributed by atoms with Gasteiger partial charge in [0.25, 0.3) is 0 Å². The smallest absolute Gasteiger partial charge is 0.214 e. The molecule has 35 heavy (non-hydrogen) atoms. The number of pyridine rings is 1. The average molecular weight is 475 g/mol. The Balaban J connectivity index is 1.44. The number of nitrogens with zero attached hydrogens (tertiary/aromatic N) is 2. The summed E-state index contributed by atoms with van der Waals surface area (Å²) in [4.78, 5) is 18.7. The van der Waals surface area contributed by atoms with Crippen molar-refractivity contribution in [1.29, 1.82) is 0 Å². The van der Waals surface area contributed by atoms with Gasteiger partial charge in [0.05, 0.1) is 37.4 Å². The van der Waals surface area contributed by atoms with E-state index in [9.17, 15) is 4.79 Å². The maximum Gasteiger partial charge on any atom is 0.214 e. The molecule has 1 aromatic heterocycles. The van der Waals surface area contributed by atoms with E-state index in [1.807, 2.05) is 61.3 Å². The predicted molar refractivity (Wildman–Crippen MR) is 141 cm³/mol. The van der Waals surface area contributed by atoms with Crippen LogP contribution in [0.4, 0.5) is 22.9 Å². The van der Waals surface area contributed by atoms with Gasteiger partial charge in [-0.15, -0.1) is 0 Å². The van der Waals surface area contributed by atoms with Gasteiger partial charge < -0.3 is 25.0 Å². The summed E-state index contributed by atoms with van der Waals surface area (Å²) in [7, 11) is 3.50. The fourth-order valence-corrected chi connectivity index (χ4v) is 4.58. The highest BCUT2D eigenvalue weighted by Crippen LogP contribution is 2.34. The molecule has 2 aromatic carbocycles. The Bertz CT molecular complexity index is 1110. The Morgan fingerprint density at radius 1 is 1.06 bits per heavy atom. The van der Waals surface area contributed by atoms with Crippen molar-refractivity contribution in [3.05, 3.63) is 71.9 Å². The molecule has 0 bridgehead atoms. The molecule has 0 atom stereocenters. The fraction of sp³-hybridized carbons (Fsp3) is 0.357. The number of hydrogen-bond donors (Lipinski definition) is 2. The van der Waals surface area contributed by atoms with Crippen LogP contribution >= 0.6 is 0 Å². The van der Waals surface area contributed by atoms with E-state index in [4.69, 9.17) is 9.47 Å². The van der Waals surface area contributed by atoms with Crippen LogP contribution < -0.4 is 20.3 Å². The number of ether oxygens (including phenoxy) is 2. The first-order chi connectivity index (χ1) is 17.1. The molecule has 0 saturated heterocycles.